The lowest BCUT2D eigenvalue weighted by Crippen LogP contribution is -2.15. The van der Waals surface area contributed by atoms with E-state index in [1.165, 1.54) is 17.2 Å². The summed E-state index contributed by atoms with van der Waals surface area (Å²) in [4.78, 5) is 36.3. The summed E-state index contributed by atoms with van der Waals surface area (Å²) in [6.45, 7) is -0.0407. The predicted octanol–water partition coefficient (Wildman–Crippen LogP) is 2.80. The van der Waals surface area contributed by atoms with Crippen molar-refractivity contribution in [3.63, 3.8) is 0 Å². The summed E-state index contributed by atoms with van der Waals surface area (Å²) in [5, 5.41) is 8.28. The third kappa shape index (κ3) is 3.28. The molecule has 0 bridgehead atoms. The number of ether oxygens (including phenoxy) is 1. The van der Waals surface area contributed by atoms with Crippen molar-refractivity contribution in [1.82, 2.24) is 10.2 Å². The molecule has 2 aromatic heterocycles. The highest BCUT2D eigenvalue weighted by molar-refractivity contribution is 5.87. The van der Waals surface area contributed by atoms with Gasteiger partial charge in [0, 0.05) is 22.4 Å². The summed E-state index contributed by atoms with van der Waals surface area (Å²) >= 11 is 0. The summed E-state index contributed by atoms with van der Waals surface area (Å²) in [7, 11) is 0. The van der Waals surface area contributed by atoms with Crippen LogP contribution in [0.4, 0.5) is 0 Å². The highest BCUT2D eigenvalue weighted by Crippen LogP contribution is 2.28. The van der Waals surface area contributed by atoms with Gasteiger partial charge in [0.05, 0.1) is 17.5 Å². The molecule has 0 saturated carbocycles. The van der Waals surface area contributed by atoms with Gasteiger partial charge in [-0.1, -0.05) is 18.2 Å². The van der Waals surface area contributed by atoms with Gasteiger partial charge in [-0.15, -0.1) is 0 Å². The van der Waals surface area contributed by atoms with E-state index in [0.717, 1.165) is 24.6 Å². The Morgan fingerprint density at radius 3 is 2.63 bits per heavy atom. The largest absolute Gasteiger partial charge is 0.460 e. The minimum absolute atomic E-state index is 0.0407. The van der Waals surface area contributed by atoms with Crippen LogP contribution in [0.3, 0.4) is 0 Å². The number of aromatic nitrogens is 2. The maximum absolute atomic E-state index is 12.5. The first-order valence-electron chi connectivity index (χ1n) is 9.79. The number of H-pyrrole nitrogens is 1. The van der Waals surface area contributed by atoms with E-state index in [1.54, 1.807) is 24.3 Å². The Morgan fingerprint density at radius 2 is 1.80 bits per heavy atom. The molecule has 1 aliphatic carbocycles. The summed E-state index contributed by atoms with van der Waals surface area (Å²) in [5.74, 6) is -0.498. The van der Waals surface area contributed by atoms with Gasteiger partial charge in [-0.3, -0.25) is 9.59 Å². The van der Waals surface area contributed by atoms with Gasteiger partial charge in [0.1, 0.15) is 12.2 Å². The summed E-state index contributed by atoms with van der Waals surface area (Å²) in [6.07, 6.45) is 2.97. The molecular formula is C23H18N2O5. The maximum atomic E-state index is 12.5. The molecule has 4 aromatic rings. The van der Waals surface area contributed by atoms with Crippen LogP contribution in [0.5, 0.6) is 0 Å². The SMILES string of the molecule is O=C(Cc1n[nH]c(=O)c2ccccc12)OCc1cc(=O)oc2cc3c(cc12)CCC3. The molecule has 7 heteroatoms. The number of nitrogens with one attached hydrogen (secondary N) is 1. The minimum atomic E-state index is -0.498. The smallest absolute Gasteiger partial charge is 0.336 e. The monoisotopic (exact) mass is 402 g/mol. The molecule has 30 heavy (non-hydrogen) atoms. The van der Waals surface area contributed by atoms with Crippen LogP contribution in [-0.2, 0) is 35.4 Å². The number of aryl methyl sites for hydroxylation is 2. The molecule has 5 rings (SSSR count). The Morgan fingerprint density at radius 1 is 1.03 bits per heavy atom. The standard InChI is InChI=1S/C23H18N2O5/c26-21(11-19-16-6-1-2-7-17(16)23(28)25-24-19)29-12-15-10-22(27)30-20-9-14-5-3-4-13(14)8-18(15)20/h1-2,6-10H,3-5,11-12H2,(H,25,28). The van der Waals surface area contributed by atoms with Crippen LogP contribution in [-0.4, -0.2) is 16.2 Å². The molecule has 1 N–H and O–H groups in total. The topological polar surface area (TPSA) is 102 Å². The Hall–Kier alpha value is -3.74. The zero-order chi connectivity index (χ0) is 20.7. The second-order valence-electron chi connectivity index (χ2n) is 7.44. The lowest BCUT2D eigenvalue weighted by atomic mass is 10.0. The zero-order valence-corrected chi connectivity index (χ0v) is 16.1. The van der Waals surface area contributed by atoms with Crippen molar-refractivity contribution in [3.05, 3.63) is 85.6 Å². The van der Waals surface area contributed by atoms with Crippen molar-refractivity contribution in [1.29, 1.82) is 0 Å². The number of esters is 1. The summed E-state index contributed by atoms with van der Waals surface area (Å²) < 4.78 is 10.8. The van der Waals surface area contributed by atoms with Crippen LogP contribution in [0.1, 0.15) is 28.8 Å². The normalized spacial score (nSPS) is 12.9. The van der Waals surface area contributed by atoms with Crippen molar-refractivity contribution in [2.45, 2.75) is 32.3 Å². The molecule has 0 aliphatic heterocycles. The van der Waals surface area contributed by atoms with Crippen LogP contribution in [0.25, 0.3) is 21.7 Å². The molecule has 2 aromatic carbocycles. The van der Waals surface area contributed by atoms with E-state index in [-0.39, 0.29) is 18.6 Å². The first-order chi connectivity index (χ1) is 14.6. The molecule has 0 atom stereocenters. The summed E-state index contributed by atoms with van der Waals surface area (Å²) in [5.41, 5.74) is 3.23. The third-order valence-corrected chi connectivity index (χ3v) is 5.52. The highest BCUT2D eigenvalue weighted by Gasteiger charge is 2.17. The Kier molecular flexibility index (Phi) is 4.43. The number of hydrogen-bond acceptors (Lipinski definition) is 6. The van der Waals surface area contributed by atoms with Crippen molar-refractivity contribution >= 4 is 27.7 Å². The second kappa shape index (κ2) is 7.26. The molecule has 7 nitrogen and oxygen atoms in total. The van der Waals surface area contributed by atoms with E-state index in [1.807, 2.05) is 12.1 Å². The van der Waals surface area contributed by atoms with Gasteiger partial charge >= 0.3 is 11.6 Å². The molecular weight excluding hydrogens is 384 g/mol. The van der Waals surface area contributed by atoms with Gasteiger partial charge in [0.15, 0.2) is 0 Å². The number of benzene rings is 2. The number of nitrogens with zero attached hydrogens (tertiary/aromatic N) is 1. The minimum Gasteiger partial charge on any atom is -0.460 e. The van der Waals surface area contributed by atoms with Gasteiger partial charge in [0.2, 0.25) is 0 Å². The lowest BCUT2D eigenvalue weighted by molar-refractivity contribution is -0.144. The molecule has 2 heterocycles. The van der Waals surface area contributed by atoms with E-state index < -0.39 is 11.6 Å². The van der Waals surface area contributed by atoms with Crippen molar-refractivity contribution in [2.24, 2.45) is 0 Å². The van der Waals surface area contributed by atoms with Crippen LogP contribution < -0.4 is 11.2 Å². The number of rotatable bonds is 4. The van der Waals surface area contributed by atoms with Crippen molar-refractivity contribution in [2.75, 3.05) is 0 Å². The molecule has 1 aliphatic rings. The van der Waals surface area contributed by atoms with Gasteiger partial charge in [-0.2, -0.15) is 5.10 Å². The molecule has 0 amide bonds. The van der Waals surface area contributed by atoms with Crippen LogP contribution in [0, 0.1) is 0 Å². The Labute approximate surface area is 170 Å². The number of carbonyl (C=O) groups excluding carboxylic acids is 1. The average Bonchev–Trinajstić information content (AvgIpc) is 3.20. The first kappa shape index (κ1) is 18.3. The van der Waals surface area contributed by atoms with Gasteiger partial charge in [-0.05, 0) is 48.6 Å². The fraction of sp³-hybridized carbons (Fsp3) is 0.217. The number of hydrogen-bond donors (Lipinski definition) is 1. The molecule has 150 valence electrons. The van der Waals surface area contributed by atoms with Crippen LogP contribution in [0.2, 0.25) is 0 Å². The molecule has 0 radical (unpaired) electrons. The van der Waals surface area contributed by atoms with Crippen molar-refractivity contribution < 1.29 is 13.9 Å². The van der Waals surface area contributed by atoms with E-state index in [0.29, 0.717) is 27.6 Å². The molecule has 0 fully saturated rings. The molecule has 0 spiro atoms. The fourth-order valence-electron chi connectivity index (χ4n) is 4.07. The fourth-order valence-corrected chi connectivity index (χ4v) is 4.07. The van der Waals surface area contributed by atoms with Gasteiger partial charge in [-0.25, -0.2) is 9.89 Å². The first-order valence-corrected chi connectivity index (χ1v) is 9.79. The van der Waals surface area contributed by atoms with Crippen LogP contribution >= 0.6 is 0 Å². The van der Waals surface area contributed by atoms with E-state index in [9.17, 15) is 14.4 Å². The second-order valence-corrected chi connectivity index (χ2v) is 7.44. The highest BCUT2D eigenvalue weighted by atomic mass is 16.5. The third-order valence-electron chi connectivity index (χ3n) is 5.52. The zero-order valence-electron chi connectivity index (χ0n) is 16.1. The Balaban J connectivity index is 1.40. The average molecular weight is 402 g/mol. The quantitative estimate of drug-likeness (QED) is 0.416. The molecule has 0 unspecified atom stereocenters. The van der Waals surface area contributed by atoms with Crippen molar-refractivity contribution in [3.8, 4) is 0 Å². The number of fused-ring (bicyclic) bond motifs is 3. The van der Waals surface area contributed by atoms with Crippen LogP contribution in [0.15, 0.2) is 56.5 Å². The Bertz CT molecular complexity index is 1420. The van der Waals surface area contributed by atoms with E-state index in [4.69, 9.17) is 9.15 Å². The van der Waals surface area contributed by atoms with Gasteiger partial charge in [0.25, 0.3) is 5.56 Å². The molecule has 0 saturated heterocycles. The van der Waals surface area contributed by atoms with E-state index in [2.05, 4.69) is 10.2 Å². The number of carbonyl (C=O) groups is 1. The summed E-state index contributed by atoms with van der Waals surface area (Å²) in [6, 6.07) is 12.3. The van der Waals surface area contributed by atoms with E-state index >= 15 is 0 Å². The maximum Gasteiger partial charge on any atom is 0.336 e. The predicted molar refractivity (Wildman–Crippen MR) is 110 cm³/mol. The van der Waals surface area contributed by atoms with Gasteiger partial charge < -0.3 is 9.15 Å². The lowest BCUT2D eigenvalue weighted by Gasteiger charge is -2.09. The number of aromatic amines is 1.